The number of hydrogen-bond donors (Lipinski definition) is 1. The third-order valence-electron chi connectivity index (χ3n) is 4.42. The molecule has 1 aliphatic heterocycles. The molecule has 0 bridgehead atoms. The quantitative estimate of drug-likeness (QED) is 0.733. The fraction of sp³-hybridized carbons (Fsp3) is 1.00. The molecule has 0 aromatic carbocycles. The summed E-state index contributed by atoms with van der Waals surface area (Å²) in [5, 5.41) is 3.55. The van der Waals surface area contributed by atoms with E-state index in [-0.39, 0.29) is 0 Å². The maximum atomic E-state index is 3.55. The van der Waals surface area contributed by atoms with Gasteiger partial charge in [0.25, 0.3) is 0 Å². The first-order valence-corrected chi connectivity index (χ1v) is 7.71. The molecular formula is C15H32N2. The van der Waals surface area contributed by atoms with Crippen LogP contribution in [0.25, 0.3) is 0 Å². The second-order valence-electron chi connectivity index (χ2n) is 5.46. The second kappa shape index (κ2) is 8.10. The van der Waals surface area contributed by atoms with Crippen LogP contribution in [-0.2, 0) is 0 Å². The molecule has 2 heteroatoms. The van der Waals surface area contributed by atoms with Gasteiger partial charge in [-0.25, -0.2) is 0 Å². The number of nitrogens with zero attached hydrogens (tertiary/aromatic N) is 1. The van der Waals surface area contributed by atoms with E-state index in [9.17, 15) is 0 Å². The molecule has 1 heterocycles. The Labute approximate surface area is 108 Å². The Morgan fingerprint density at radius 2 is 2.00 bits per heavy atom. The average molecular weight is 240 g/mol. The van der Waals surface area contributed by atoms with Gasteiger partial charge in [0, 0.05) is 18.1 Å². The van der Waals surface area contributed by atoms with E-state index >= 15 is 0 Å². The molecule has 0 amide bonds. The van der Waals surface area contributed by atoms with Crippen LogP contribution < -0.4 is 5.32 Å². The van der Waals surface area contributed by atoms with Gasteiger partial charge in [-0.05, 0) is 45.7 Å². The van der Waals surface area contributed by atoms with Crippen molar-refractivity contribution in [2.75, 3.05) is 13.6 Å². The SMILES string of the molecule is CCCC(NC)C(CC)N1CCCCC1CC. The van der Waals surface area contributed by atoms with Crippen molar-refractivity contribution >= 4 is 0 Å². The molecule has 17 heavy (non-hydrogen) atoms. The Bertz CT molecular complexity index is 193. The van der Waals surface area contributed by atoms with Gasteiger partial charge < -0.3 is 5.32 Å². The van der Waals surface area contributed by atoms with Crippen LogP contribution in [0.1, 0.15) is 65.7 Å². The second-order valence-corrected chi connectivity index (χ2v) is 5.46. The lowest BCUT2D eigenvalue weighted by Gasteiger charge is -2.44. The fourth-order valence-electron chi connectivity index (χ4n) is 3.49. The van der Waals surface area contributed by atoms with Gasteiger partial charge in [-0.1, -0.05) is 33.6 Å². The van der Waals surface area contributed by atoms with Crippen LogP contribution in [-0.4, -0.2) is 36.6 Å². The number of nitrogens with one attached hydrogen (secondary N) is 1. The third-order valence-corrected chi connectivity index (χ3v) is 4.42. The van der Waals surface area contributed by atoms with Crippen molar-refractivity contribution in [1.82, 2.24) is 10.2 Å². The molecule has 1 fully saturated rings. The number of likely N-dealkylation sites (N-methyl/N-ethyl adjacent to an activating group) is 1. The smallest absolute Gasteiger partial charge is 0.0249 e. The van der Waals surface area contributed by atoms with E-state index in [1.807, 2.05) is 0 Å². The van der Waals surface area contributed by atoms with Gasteiger partial charge in [-0.3, -0.25) is 4.90 Å². The van der Waals surface area contributed by atoms with E-state index in [0.717, 1.165) is 12.1 Å². The maximum absolute atomic E-state index is 3.55. The van der Waals surface area contributed by atoms with Gasteiger partial charge in [0.2, 0.25) is 0 Å². The molecule has 1 aliphatic rings. The first-order chi connectivity index (χ1) is 8.28. The molecule has 0 aromatic rings. The van der Waals surface area contributed by atoms with Crippen molar-refractivity contribution < 1.29 is 0 Å². The molecule has 1 N–H and O–H groups in total. The third kappa shape index (κ3) is 3.96. The topological polar surface area (TPSA) is 15.3 Å². The molecule has 0 aliphatic carbocycles. The summed E-state index contributed by atoms with van der Waals surface area (Å²) < 4.78 is 0. The van der Waals surface area contributed by atoms with Gasteiger partial charge in [0.05, 0.1) is 0 Å². The molecule has 3 atom stereocenters. The Balaban J connectivity index is 2.68. The van der Waals surface area contributed by atoms with Gasteiger partial charge in [0.15, 0.2) is 0 Å². The molecule has 102 valence electrons. The van der Waals surface area contributed by atoms with Gasteiger partial charge in [0.1, 0.15) is 0 Å². The van der Waals surface area contributed by atoms with Gasteiger partial charge in [-0.2, -0.15) is 0 Å². The van der Waals surface area contributed by atoms with E-state index in [1.165, 1.54) is 51.5 Å². The van der Waals surface area contributed by atoms with Crippen LogP contribution in [0.3, 0.4) is 0 Å². The number of piperidine rings is 1. The molecule has 0 spiro atoms. The van der Waals surface area contributed by atoms with E-state index < -0.39 is 0 Å². The Morgan fingerprint density at radius 3 is 2.53 bits per heavy atom. The van der Waals surface area contributed by atoms with Crippen molar-refractivity contribution in [2.24, 2.45) is 0 Å². The summed E-state index contributed by atoms with van der Waals surface area (Å²) >= 11 is 0. The molecule has 0 radical (unpaired) electrons. The first kappa shape index (κ1) is 15.0. The lowest BCUT2D eigenvalue weighted by Crippen LogP contribution is -2.54. The number of hydrogen-bond acceptors (Lipinski definition) is 2. The summed E-state index contributed by atoms with van der Waals surface area (Å²) in [4.78, 5) is 2.81. The minimum Gasteiger partial charge on any atom is -0.315 e. The first-order valence-electron chi connectivity index (χ1n) is 7.71. The lowest BCUT2D eigenvalue weighted by atomic mass is 9.92. The van der Waals surface area contributed by atoms with Crippen molar-refractivity contribution in [3.63, 3.8) is 0 Å². The normalized spacial score (nSPS) is 25.8. The number of likely N-dealkylation sites (tertiary alicyclic amines) is 1. The molecular weight excluding hydrogens is 208 g/mol. The molecule has 1 rings (SSSR count). The highest BCUT2D eigenvalue weighted by atomic mass is 15.2. The monoisotopic (exact) mass is 240 g/mol. The summed E-state index contributed by atoms with van der Waals surface area (Å²) in [6, 6.07) is 2.25. The molecule has 0 saturated carbocycles. The van der Waals surface area contributed by atoms with Crippen LogP contribution >= 0.6 is 0 Å². The maximum Gasteiger partial charge on any atom is 0.0249 e. The van der Waals surface area contributed by atoms with Gasteiger partial charge >= 0.3 is 0 Å². The minimum absolute atomic E-state index is 0.678. The molecule has 1 saturated heterocycles. The van der Waals surface area contributed by atoms with Crippen LogP contribution in [0.15, 0.2) is 0 Å². The van der Waals surface area contributed by atoms with Crippen LogP contribution in [0.4, 0.5) is 0 Å². The van der Waals surface area contributed by atoms with Gasteiger partial charge in [-0.15, -0.1) is 0 Å². The predicted octanol–water partition coefficient (Wildman–Crippen LogP) is 3.42. The average Bonchev–Trinajstić information content (AvgIpc) is 2.39. The Kier molecular flexibility index (Phi) is 7.14. The summed E-state index contributed by atoms with van der Waals surface area (Å²) in [6.45, 7) is 8.32. The minimum atomic E-state index is 0.678. The van der Waals surface area contributed by atoms with Crippen molar-refractivity contribution in [3.8, 4) is 0 Å². The largest absolute Gasteiger partial charge is 0.315 e. The van der Waals surface area contributed by atoms with E-state index in [1.54, 1.807) is 0 Å². The van der Waals surface area contributed by atoms with E-state index in [4.69, 9.17) is 0 Å². The highest BCUT2D eigenvalue weighted by molar-refractivity contribution is 4.88. The fourth-order valence-corrected chi connectivity index (χ4v) is 3.49. The highest BCUT2D eigenvalue weighted by Crippen LogP contribution is 2.25. The van der Waals surface area contributed by atoms with Crippen molar-refractivity contribution in [3.05, 3.63) is 0 Å². The number of rotatable bonds is 7. The summed E-state index contributed by atoms with van der Waals surface area (Å²) in [5.74, 6) is 0. The van der Waals surface area contributed by atoms with Crippen molar-refractivity contribution in [2.45, 2.75) is 83.8 Å². The van der Waals surface area contributed by atoms with Crippen LogP contribution in [0.5, 0.6) is 0 Å². The lowest BCUT2D eigenvalue weighted by molar-refractivity contribution is 0.0663. The zero-order valence-corrected chi connectivity index (χ0v) is 12.3. The summed E-state index contributed by atoms with van der Waals surface area (Å²) in [7, 11) is 2.13. The van der Waals surface area contributed by atoms with Crippen LogP contribution in [0, 0.1) is 0 Å². The molecule has 0 aromatic heterocycles. The summed E-state index contributed by atoms with van der Waals surface area (Å²) in [6.07, 6.45) is 9.43. The predicted molar refractivity (Wildman–Crippen MR) is 76.5 cm³/mol. The Hall–Kier alpha value is -0.0800. The van der Waals surface area contributed by atoms with Crippen LogP contribution in [0.2, 0.25) is 0 Å². The Morgan fingerprint density at radius 1 is 1.24 bits per heavy atom. The molecule has 3 unspecified atom stereocenters. The van der Waals surface area contributed by atoms with Crippen molar-refractivity contribution in [1.29, 1.82) is 0 Å². The van der Waals surface area contributed by atoms with E-state index in [0.29, 0.717) is 6.04 Å². The zero-order chi connectivity index (χ0) is 12.7. The summed E-state index contributed by atoms with van der Waals surface area (Å²) in [5.41, 5.74) is 0. The highest BCUT2D eigenvalue weighted by Gasteiger charge is 2.30. The zero-order valence-electron chi connectivity index (χ0n) is 12.3. The molecule has 2 nitrogen and oxygen atoms in total. The standard InChI is InChI=1S/C15H32N2/c1-5-10-14(16-4)15(7-3)17-12-9-8-11-13(17)6-2/h13-16H,5-12H2,1-4H3. The van der Waals surface area contributed by atoms with E-state index in [2.05, 4.69) is 38.0 Å².